The summed E-state index contributed by atoms with van der Waals surface area (Å²) >= 11 is 1.01. The number of hydrogen-bond acceptors (Lipinski definition) is 7. The molecule has 2 aromatic heterocycles. The molecule has 1 aliphatic heterocycles. The third-order valence-electron chi connectivity index (χ3n) is 3.21. The molecule has 2 aromatic rings. The maximum Gasteiger partial charge on any atom is 0.323 e. The number of nitrogens with one attached hydrogen (secondary N) is 2. The van der Waals surface area contributed by atoms with Crippen LogP contribution in [0.25, 0.3) is 0 Å². The van der Waals surface area contributed by atoms with Crippen molar-refractivity contribution in [2.75, 3.05) is 31.5 Å². The van der Waals surface area contributed by atoms with Crippen LogP contribution in [-0.2, 0) is 6.61 Å². The summed E-state index contributed by atoms with van der Waals surface area (Å²) in [6, 6.07) is 3.54. The topological polar surface area (TPSA) is 92.3 Å². The number of nitrogens with zero attached hydrogens (tertiary/aromatic N) is 4. The number of carbonyl (C=O) groups excluding carboxylic acids is 1. The highest BCUT2D eigenvalue weighted by Crippen LogP contribution is 2.22. The first-order valence-corrected chi connectivity index (χ1v) is 7.67. The van der Waals surface area contributed by atoms with Gasteiger partial charge < -0.3 is 15.0 Å². The summed E-state index contributed by atoms with van der Waals surface area (Å²) in [5.74, 6) is 0.702. The molecular weight excluding hydrogens is 304 g/mol. The van der Waals surface area contributed by atoms with Gasteiger partial charge in [0.25, 0.3) is 5.88 Å². The van der Waals surface area contributed by atoms with Crippen molar-refractivity contribution in [2.24, 2.45) is 0 Å². The molecule has 1 saturated heterocycles. The smallest absolute Gasteiger partial charge is 0.323 e. The molecular formula is C13H16N6O2S. The first kappa shape index (κ1) is 14.7. The van der Waals surface area contributed by atoms with Gasteiger partial charge in [-0.3, -0.25) is 10.3 Å². The minimum absolute atomic E-state index is 0.178. The number of amides is 2. The van der Waals surface area contributed by atoms with Crippen LogP contribution in [0.4, 0.5) is 10.6 Å². The third kappa shape index (κ3) is 3.68. The molecule has 3 heterocycles. The van der Waals surface area contributed by atoms with Gasteiger partial charge in [-0.25, -0.2) is 4.79 Å². The number of pyridine rings is 1. The van der Waals surface area contributed by atoms with E-state index in [1.807, 2.05) is 12.1 Å². The normalized spacial score (nSPS) is 14.6. The van der Waals surface area contributed by atoms with Gasteiger partial charge in [0.15, 0.2) is 0 Å². The fourth-order valence-corrected chi connectivity index (χ4v) is 2.49. The lowest BCUT2D eigenvalue weighted by Crippen LogP contribution is -2.48. The van der Waals surface area contributed by atoms with E-state index >= 15 is 0 Å². The van der Waals surface area contributed by atoms with Gasteiger partial charge in [-0.2, -0.15) is 4.37 Å². The average molecular weight is 320 g/mol. The van der Waals surface area contributed by atoms with E-state index in [1.165, 1.54) is 0 Å². The monoisotopic (exact) mass is 320 g/mol. The zero-order valence-corrected chi connectivity index (χ0v) is 12.7. The van der Waals surface area contributed by atoms with Crippen molar-refractivity contribution in [3.8, 4) is 5.88 Å². The van der Waals surface area contributed by atoms with Crippen molar-refractivity contribution in [1.29, 1.82) is 0 Å². The number of anilines is 1. The lowest BCUT2D eigenvalue weighted by molar-refractivity contribution is 0.203. The molecule has 1 aliphatic rings. The van der Waals surface area contributed by atoms with Gasteiger partial charge in [-0.15, -0.1) is 4.37 Å². The molecule has 0 aromatic carbocycles. The minimum Gasteiger partial charge on any atom is -0.470 e. The van der Waals surface area contributed by atoms with Crippen molar-refractivity contribution < 1.29 is 9.53 Å². The Balaban J connectivity index is 1.58. The molecule has 1 fully saturated rings. The number of piperazine rings is 1. The van der Waals surface area contributed by atoms with Crippen molar-refractivity contribution in [3.05, 3.63) is 30.1 Å². The highest BCUT2D eigenvalue weighted by atomic mass is 32.1. The predicted molar refractivity (Wildman–Crippen MR) is 81.9 cm³/mol. The molecule has 0 radical (unpaired) electrons. The van der Waals surface area contributed by atoms with Gasteiger partial charge >= 0.3 is 6.03 Å². The Labute approximate surface area is 131 Å². The maximum absolute atomic E-state index is 12.2. The molecule has 116 valence electrons. The number of aromatic nitrogens is 3. The second-order valence-corrected chi connectivity index (χ2v) is 5.26. The van der Waals surface area contributed by atoms with Gasteiger partial charge in [0.2, 0.25) is 5.82 Å². The molecule has 8 nitrogen and oxygen atoms in total. The van der Waals surface area contributed by atoms with Crippen LogP contribution in [0.2, 0.25) is 0 Å². The fourth-order valence-electron chi connectivity index (χ4n) is 2.03. The van der Waals surface area contributed by atoms with Gasteiger partial charge in [0.1, 0.15) is 6.61 Å². The van der Waals surface area contributed by atoms with Crippen LogP contribution in [0.1, 0.15) is 5.56 Å². The number of ether oxygens (including phenoxy) is 1. The molecule has 3 rings (SSSR count). The number of urea groups is 1. The summed E-state index contributed by atoms with van der Waals surface area (Å²) in [6.07, 6.45) is 3.40. The molecule has 0 aliphatic carbocycles. The van der Waals surface area contributed by atoms with E-state index in [0.29, 0.717) is 31.4 Å². The summed E-state index contributed by atoms with van der Waals surface area (Å²) < 4.78 is 13.8. The Morgan fingerprint density at radius 1 is 1.32 bits per heavy atom. The Morgan fingerprint density at radius 3 is 2.86 bits per heavy atom. The zero-order valence-electron chi connectivity index (χ0n) is 11.9. The van der Waals surface area contributed by atoms with Crippen LogP contribution in [0.3, 0.4) is 0 Å². The van der Waals surface area contributed by atoms with E-state index in [9.17, 15) is 4.79 Å². The lowest BCUT2D eigenvalue weighted by Gasteiger charge is -2.27. The average Bonchev–Trinajstić information content (AvgIpc) is 3.02. The van der Waals surface area contributed by atoms with E-state index in [4.69, 9.17) is 4.74 Å². The number of hydrogen-bond donors (Lipinski definition) is 2. The Morgan fingerprint density at radius 2 is 2.09 bits per heavy atom. The molecule has 2 N–H and O–H groups in total. The van der Waals surface area contributed by atoms with Crippen LogP contribution >= 0.6 is 11.7 Å². The zero-order chi connectivity index (χ0) is 15.2. The van der Waals surface area contributed by atoms with Gasteiger partial charge in [-0.1, -0.05) is 0 Å². The standard InChI is InChI=1S/C13H16N6O2S/c20-13(19-7-5-15-6-8-19)16-11-12(18-22-17-11)21-9-10-1-3-14-4-2-10/h1-4,15H,5-9H2,(H,16,17,20). The maximum atomic E-state index is 12.2. The van der Waals surface area contributed by atoms with Crippen molar-refractivity contribution in [1.82, 2.24) is 23.9 Å². The second kappa shape index (κ2) is 7.14. The van der Waals surface area contributed by atoms with E-state index in [-0.39, 0.29) is 6.03 Å². The Hall–Kier alpha value is -2.26. The molecule has 0 atom stereocenters. The minimum atomic E-state index is -0.178. The largest absolute Gasteiger partial charge is 0.470 e. The van der Waals surface area contributed by atoms with Crippen molar-refractivity contribution >= 4 is 23.6 Å². The molecule has 0 unspecified atom stereocenters. The molecule has 0 spiro atoms. The highest BCUT2D eigenvalue weighted by molar-refractivity contribution is 6.99. The van der Waals surface area contributed by atoms with Crippen LogP contribution < -0.4 is 15.4 Å². The molecule has 9 heteroatoms. The Bertz CT molecular complexity index is 614. The summed E-state index contributed by atoms with van der Waals surface area (Å²) in [7, 11) is 0. The summed E-state index contributed by atoms with van der Waals surface area (Å²) in [4.78, 5) is 17.8. The van der Waals surface area contributed by atoms with Gasteiger partial charge in [0.05, 0.1) is 11.7 Å². The first-order chi connectivity index (χ1) is 10.8. The Kier molecular flexibility index (Phi) is 4.76. The van der Waals surface area contributed by atoms with E-state index in [1.54, 1.807) is 17.3 Å². The molecule has 0 saturated carbocycles. The van der Waals surface area contributed by atoms with Crippen LogP contribution in [-0.4, -0.2) is 50.8 Å². The number of rotatable bonds is 4. The summed E-state index contributed by atoms with van der Waals surface area (Å²) in [5.41, 5.74) is 0.974. The van der Waals surface area contributed by atoms with Crippen molar-refractivity contribution in [2.45, 2.75) is 6.61 Å². The SMILES string of the molecule is O=C(Nc1nsnc1OCc1ccncc1)N1CCNCC1. The van der Waals surface area contributed by atoms with Crippen LogP contribution in [0, 0.1) is 0 Å². The van der Waals surface area contributed by atoms with Crippen LogP contribution in [0.5, 0.6) is 5.88 Å². The van der Waals surface area contributed by atoms with E-state index in [2.05, 4.69) is 24.4 Å². The van der Waals surface area contributed by atoms with Gasteiger partial charge in [0, 0.05) is 38.6 Å². The van der Waals surface area contributed by atoms with E-state index in [0.717, 1.165) is 30.4 Å². The fraction of sp³-hybridized carbons (Fsp3) is 0.385. The quantitative estimate of drug-likeness (QED) is 0.871. The third-order valence-corrected chi connectivity index (χ3v) is 3.72. The summed E-state index contributed by atoms with van der Waals surface area (Å²) in [6.45, 7) is 3.31. The molecule has 0 bridgehead atoms. The van der Waals surface area contributed by atoms with Crippen LogP contribution in [0.15, 0.2) is 24.5 Å². The number of carbonyl (C=O) groups is 1. The van der Waals surface area contributed by atoms with Gasteiger partial charge in [-0.05, 0) is 17.7 Å². The van der Waals surface area contributed by atoms with Crippen molar-refractivity contribution in [3.63, 3.8) is 0 Å². The lowest BCUT2D eigenvalue weighted by atomic mass is 10.3. The first-order valence-electron chi connectivity index (χ1n) is 6.94. The highest BCUT2D eigenvalue weighted by Gasteiger charge is 2.19. The molecule has 2 amide bonds. The second-order valence-electron chi connectivity index (χ2n) is 4.73. The molecule has 22 heavy (non-hydrogen) atoms. The predicted octanol–water partition coefficient (Wildman–Crippen LogP) is 0.949. The van der Waals surface area contributed by atoms with E-state index < -0.39 is 0 Å². The summed E-state index contributed by atoms with van der Waals surface area (Å²) in [5, 5.41) is 5.96.